The smallest absolute Gasteiger partial charge is 0.287 e. The summed E-state index contributed by atoms with van der Waals surface area (Å²) in [7, 11) is -3.98. The van der Waals surface area contributed by atoms with Crippen molar-refractivity contribution in [2.45, 2.75) is 17.7 Å². The molecule has 0 saturated carbocycles. The highest BCUT2D eigenvalue weighted by atomic mass is 35.5. The number of aromatic nitrogens is 1. The van der Waals surface area contributed by atoms with E-state index in [1.165, 1.54) is 18.2 Å². The van der Waals surface area contributed by atoms with Crippen LogP contribution in [0.4, 0.5) is 11.5 Å². The SMILES string of the molecule is CCN(Nc1ccc([N+](=O)[O-])cn1)C(=O)CNS(=O)(=O)c1ccc(CNC(=O)c2ccc(Cl)cc2)s1. The van der Waals surface area contributed by atoms with E-state index in [2.05, 4.69) is 20.4 Å². The third kappa shape index (κ3) is 7.21. The molecule has 0 bridgehead atoms. The Kier molecular flexibility index (Phi) is 8.93. The summed E-state index contributed by atoms with van der Waals surface area (Å²) in [4.78, 5) is 39.3. The summed E-state index contributed by atoms with van der Waals surface area (Å²) in [6, 6.07) is 11.9. The molecule has 0 fully saturated rings. The lowest BCUT2D eigenvalue weighted by atomic mass is 10.2. The second-order valence-electron chi connectivity index (χ2n) is 7.14. The molecule has 15 heteroatoms. The number of halogens is 1. The van der Waals surface area contributed by atoms with Crippen molar-refractivity contribution in [2.75, 3.05) is 18.5 Å². The third-order valence-corrected chi connectivity index (χ3v) is 7.90. The average molecular weight is 553 g/mol. The van der Waals surface area contributed by atoms with Crippen LogP contribution in [0.3, 0.4) is 0 Å². The number of anilines is 1. The number of benzene rings is 1. The number of carbonyl (C=O) groups is 2. The van der Waals surface area contributed by atoms with Gasteiger partial charge in [-0.1, -0.05) is 11.6 Å². The Labute approximate surface area is 215 Å². The molecule has 1 aromatic carbocycles. The van der Waals surface area contributed by atoms with Crippen molar-refractivity contribution in [3.63, 3.8) is 0 Å². The highest BCUT2D eigenvalue weighted by Crippen LogP contribution is 2.21. The monoisotopic (exact) mass is 552 g/mol. The van der Waals surface area contributed by atoms with Gasteiger partial charge in [-0.2, -0.15) is 0 Å². The molecule has 2 aromatic heterocycles. The number of nitrogens with zero attached hydrogens (tertiary/aromatic N) is 3. The largest absolute Gasteiger partial charge is 0.347 e. The summed E-state index contributed by atoms with van der Waals surface area (Å²) < 4.78 is 27.5. The molecule has 3 aromatic rings. The quantitative estimate of drug-likeness (QED) is 0.241. The van der Waals surface area contributed by atoms with E-state index in [0.717, 1.165) is 22.5 Å². The third-order valence-electron chi connectivity index (χ3n) is 4.67. The summed E-state index contributed by atoms with van der Waals surface area (Å²) in [6.07, 6.45) is 1.04. The first-order chi connectivity index (χ1) is 17.1. The van der Waals surface area contributed by atoms with Crippen LogP contribution in [0.5, 0.6) is 0 Å². The molecule has 0 aliphatic heterocycles. The van der Waals surface area contributed by atoms with Crippen molar-refractivity contribution < 1.29 is 22.9 Å². The average Bonchev–Trinajstić information content (AvgIpc) is 3.35. The topological polar surface area (TPSA) is 164 Å². The Bertz CT molecular complexity index is 1350. The number of hydrogen-bond acceptors (Lipinski definition) is 9. The second-order valence-corrected chi connectivity index (χ2v) is 10.7. The van der Waals surface area contributed by atoms with Gasteiger partial charge in [-0.25, -0.2) is 18.1 Å². The minimum absolute atomic E-state index is 0.0147. The van der Waals surface area contributed by atoms with E-state index >= 15 is 0 Å². The van der Waals surface area contributed by atoms with E-state index in [1.54, 1.807) is 37.3 Å². The summed E-state index contributed by atoms with van der Waals surface area (Å²) in [5, 5.41) is 15.1. The Hall–Kier alpha value is -3.59. The lowest BCUT2D eigenvalue weighted by Gasteiger charge is -2.22. The van der Waals surface area contributed by atoms with Crippen molar-refractivity contribution in [2.24, 2.45) is 0 Å². The lowest BCUT2D eigenvalue weighted by molar-refractivity contribution is -0.385. The maximum atomic E-state index is 12.6. The van der Waals surface area contributed by atoms with Crippen LogP contribution in [0.25, 0.3) is 0 Å². The zero-order chi connectivity index (χ0) is 26.3. The van der Waals surface area contributed by atoms with Crippen molar-refractivity contribution in [1.29, 1.82) is 0 Å². The van der Waals surface area contributed by atoms with E-state index in [4.69, 9.17) is 11.6 Å². The molecule has 36 heavy (non-hydrogen) atoms. The number of hydrogen-bond donors (Lipinski definition) is 3. The fourth-order valence-electron chi connectivity index (χ4n) is 2.81. The van der Waals surface area contributed by atoms with Crippen LogP contribution >= 0.6 is 22.9 Å². The molecular formula is C21H21ClN6O6S2. The Balaban J connectivity index is 1.54. The molecule has 2 amide bonds. The predicted octanol–water partition coefficient (Wildman–Crippen LogP) is 2.79. The number of amides is 2. The van der Waals surface area contributed by atoms with Gasteiger partial charge in [0.2, 0.25) is 0 Å². The molecule has 3 rings (SSSR count). The number of nitro groups is 1. The van der Waals surface area contributed by atoms with Gasteiger partial charge in [0.25, 0.3) is 27.5 Å². The number of likely N-dealkylation sites (N-methyl/N-ethyl adjacent to an activating group) is 1. The number of carbonyl (C=O) groups excluding carboxylic acids is 2. The highest BCUT2D eigenvalue weighted by Gasteiger charge is 2.21. The van der Waals surface area contributed by atoms with Gasteiger partial charge in [0.1, 0.15) is 16.2 Å². The molecule has 3 N–H and O–H groups in total. The van der Waals surface area contributed by atoms with E-state index in [9.17, 15) is 28.1 Å². The van der Waals surface area contributed by atoms with Crippen molar-refractivity contribution in [3.8, 4) is 0 Å². The standard InChI is InChI=1S/C21H21ClN6O6S2/c1-2-27(26-18-9-7-16(11-23-18)28(31)32)19(29)13-25-36(33,34)20-10-8-17(35-20)12-24-21(30)14-3-5-15(22)6-4-14/h3-11,25H,2,12-13H2,1H3,(H,23,26)(H,24,30). The van der Waals surface area contributed by atoms with Crippen molar-refractivity contribution in [3.05, 3.63) is 80.3 Å². The fraction of sp³-hybridized carbons (Fsp3) is 0.190. The number of hydrazine groups is 1. The van der Waals surface area contributed by atoms with Crippen LogP contribution in [0.2, 0.25) is 5.02 Å². The minimum Gasteiger partial charge on any atom is -0.347 e. The van der Waals surface area contributed by atoms with Crippen LogP contribution < -0.4 is 15.5 Å². The van der Waals surface area contributed by atoms with Crippen LogP contribution in [0, 0.1) is 10.1 Å². The van der Waals surface area contributed by atoms with Gasteiger partial charge in [-0.15, -0.1) is 11.3 Å². The zero-order valence-electron chi connectivity index (χ0n) is 18.8. The fourth-order valence-corrected chi connectivity index (χ4v) is 5.25. The normalized spacial score (nSPS) is 11.1. The summed E-state index contributed by atoms with van der Waals surface area (Å²) in [6.45, 7) is 1.43. The molecule has 0 atom stereocenters. The van der Waals surface area contributed by atoms with Crippen molar-refractivity contribution >= 4 is 56.3 Å². The van der Waals surface area contributed by atoms with Gasteiger partial charge >= 0.3 is 0 Å². The predicted molar refractivity (Wildman–Crippen MR) is 134 cm³/mol. The van der Waals surface area contributed by atoms with E-state index < -0.39 is 27.4 Å². The molecule has 0 saturated heterocycles. The molecular weight excluding hydrogens is 532 g/mol. The summed E-state index contributed by atoms with van der Waals surface area (Å²) in [5.41, 5.74) is 2.90. The second kappa shape index (κ2) is 11.9. The molecule has 2 heterocycles. The first-order valence-corrected chi connectivity index (χ1v) is 13.1. The van der Waals surface area contributed by atoms with Gasteiger partial charge in [0.05, 0.1) is 18.0 Å². The van der Waals surface area contributed by atoms with Gasteiger partial charge in [0, 0.05) is 28.1 Å². The maximum Gasteiger partial charge on any atom is 0.287 e. The maximum absolute atomic E-state index is 12.6. The molecule has 0 aliphatic rings. The number of sulfonamides is 1. The molecule has 0 unspecified atom stereocenters. The van der Waals surface area contributed by atoms with Gasteiger partial charge in [-0.05, 0) is 49.4 Å². The van der Waals surface area contributed by atoms with E-state index in [-0.39, 0.29) is 34.7 Å². The molecule has 190 valence electrons. The van der Waals surface area contributed by atoms with Crippen LogP contribution in [0.15, 0.2) is 58.9 Å². The Morgan fingerprint density at radius 2 is 1.86 bits per heavy atom. The Morgan fingerprint density at radius 3 is 2.47 bits per heavy atom. The number of rotatable bonds is 11. The van der Waals surface area contributed by atoms with Crippen molar-refractivity contribution in [1.82, 2.24) is 20.0 Å². The van der Waals surface area contributed by atoms with E-state index in [1.807, 2.05) is 0 Å². The first kappa shape index (κ1) is 27.0. The highest BCUT2D eigenvalue weighted by molar-refractivity contribution is 7.91. The number of thiophene rings is 1. The molecule has 0 radical (unpaired) electrons. The first-order valence-electron chi connectivity index (χ1n) is 10.4. The van der Waals surface area contributed by atoms with Crippen LogP contribution in [0.1, 0.15) is 22.2 Å². The number of pyridine rings is 1. The lowest BCUT2D eigenvalue weighted by Crippen LogP contribution is -2.43. The summed E-state index contributed by atoms with van der Waals surface area (Å²) in [5.74, 6) is -0.738. The summed E-state index contributed by atoms with van der Waals surface area (Å²) >= 11 is 6.77. The minimum atomic E-state index is -3.98. The van der Waals surface area contributed by atoms with Gasteiger partial charge in [-0.3, -0.25) is 30.1 Å². The van der Waals surface area contributed by atoms with Gasteiger partial charge < -0.3 is 5.32 Å². The number of nitrogens with one attached hydrogen (secondary N) is 3. The van der Waals surface area contributed by atoms with E-state index in [0.29, 0.717) is 15.5 Å². The van der Waals surface area contributed by atoms with Gasteiger partial charge in [0.15, 0.2) is 0 Å². The van der Waals surface area contributed by atoms with Crippen LogP contribution in [-0.2, 0) is 21.4 Å². The Morgan fingerprint density at radius 1 is 1.14 bits per heavy atom. The molecule has 12 nitrogen and oxygen atoms in total. The molecule has 0 aliphatic carbocycles. The van der Waals surface area contributed by atoms with Crippen LogP contribution in [-0.4, -0.2) is 48.2 Å². The zero-order valence-corrected chi connectivity index (χ0v) is 21.2. The molecule has 0 spiro atoms.